The molecule has 0 spiro atoms. The number of hydrogen-bond acceptors (Lipinski definition) is 14. The van der Waals surface area contributed by atoms with Gasteiger partial charge in [0.25, 0.3) is 11.8 Å². The normalized spacial score (nSPS) is 21.3. The molecule has 0 aromatic carbocycles. The van der Waals surface area contributed by atoms with E-state index in [0.717, 1.165) is 49.0 Å². The molecule has 1 unspecified atom stereocenters. The Labute approximate surface area is 260 Å². The molecule has 16 heteroatoms. The Hall–Kier alpha value is -4.44. The van der Waals surface area contributed by atoms with Gasteiger partial charge in [-0.05, 0) is 42.9 Å². The molecule has 44 heavy (non-hydrogen) atoms. The number of nitrogens with zero attached hydrogens (tertiary/aromatic N) is 4. The SMILES string of the molecule is CC(OC(=O)OC1CCCCC1)OC(=O)C1=C(/C=C\c2cccnc2)CS[C@@H]2[C@H](NC(=O)/C(=N\O)c3csc(N)n3)C(=O)N12. The molecule has 14 nitrogen and oxygen atoms in total. The number of nitrogen functional groups attached to an aromatic ring is 1. The summed E-state index contributed by atoms with van der Waals surface area (Å²) in [7, 11) is 0. The number of carbonyl (C=O) groups is 4. The molecule has 4 N–H and O–H groups in total. The third kappa shape index (κ3) is 7.02. The van der Waals surface area contributed by atoms with Gasteiger partial charge in [-0.2, -0.15) is 0 Å². The highest BCUT2D eigenvalue weighted by molar-refractivity contribution is 8.00. The monoisotopic (exact) mass is 642 g/mol. The number of anilines is 1. The second kappa shape index (κ2) is 13.9. The highest BCUT2D eigenvalue weighted by Gasteiger charge is 2.54. The Bertz CT molecular complexity index is 1500. The van der Waals surface area contributed by atoms with Crippen LogP contribution in [0, 0.1) is 0 Å². The number of pyridine rings is 1. The fraction of sp³-hybridized carbons (Fsp3) is 0.393. The van der Waals surface area contributed by atoms with Crippen molar-refractivity contribution in [1.29, 1.82) is 0 Å². The number of amides is 2. The van der Waals surface area contributed by atoms with Gasteiger partial charge in [0.1, 0.15) is 28.9 Å². The third-order valence-electron chi connectivity index (χ3n) is 7.07. The molecule has 0 bridgehead atoms. The van der Waals surface area contributed by atoms with E-state index >= 15 is 0 Å². The van der Waals surface area contributed by atoms with E-state index in [1.165, 1.54) is 29.0 Å². The number of oxime groups is 1. The largest absolute Gasteiger partial charge is 0.511 e. The average molecular weight is 643 g/mol. The van der Waals surface area contributed by atoms with Crippen molar-refractivity contribution in [3.05, 3.63) is 58.5 Å². The van der Waals surface area contributed by atoms with E-state index in [2.05, 4.69) is 20.4 Å². The highest BCUT2D eigenvalue weighted by Crippen LogP contribution is 2.41. The summed E-state index contributed by atoms with van der Waals surface area (Å²) in [6.45, 7) is 1.38. The maximum Gasteiger partial charge on any atom is 0.511 e. The van der Waals surface area contributed by atoms with Crippen LogP contribution >= 0.6 is 23.1 Å². The van der Waals surface area contributed by atoms with Crippen molar-refractivity contribution in [3.8, 4) is 0 Å². The summed E-state index contributed by atoms with van der Waals surface area (Å²) < 4.78 is 16.0. The van der Waals surface area contributed by atoms with E-state index in [4.69, 9.17) is 19.9 Å². The predicted octanol–water partition coefficient (Wildman–Crippen LogP) is 3.04. The Morgan fingerprint density at radius 2 is 2.02 bits per heavy atom. The van der Waals surface area contributed by atoms with Gasteiger partial charge in [0.15, 0.2) is 10.8 Å². The van der Waals surface area contributed by atoms with Gasteiger partial charge in [0.2, 0.25) is 6.29 Å². The van der Waals surface area contributed by atoms with E-state index in [-0.39, 0.29) is 28.4 Å². The average Bonchev–Trinajstić information content (AvgIpc) is 3.44. The van der Waals surface area contributed by atoms with Crippen molar-refractivity contribution < 1.29 is 38.6 Å². The summed E-state index contributed by atoms with van der Waals surface area (Å²) in [6, 6.07) is 2.55. The smallest absolute Gasteiger partial charge is 0.431 e. The lowest BCUT2D eigenvalue weighted by Gasteiger charge is -2.49. The van der Waals surface area contributed by atoms with E-state index in [0.29, 0.717) is 5.57 Å². The van der Waals surface area contributed by atoms with Gasteiger partial charge < -0.3 is 30.5 Å². The lowest BCUT2D eigenvalue weighted by molar-refractivity contribution is -0.169. The second-order valence-electron chi connectivity index (χ2n) is 10.1. The molecule has 3 aliphatic rings. The van der Waals surface area contributed by atoms with E-state index in [9.17, 15) is 24.4 Å². The lowest BCUT2D eigenvalue weighted by atomic mass is 9.98. The number of nitrogens with two attached hydrogens (primary N) is 1. The molecule has 2 aromatic heterocycles. The first-order valence-corrected chi connectivity index (χ1v) is 15.8. The maximum atomic E-state index is 13.5. The van der Waals surface area contributed by atoms with Gasteiger partial charge in [0, 0.05) is 30.5 Å². The van der Waals surface area contributed by atoms with Gasteiger partial charge in [-0.15, -0.1) is 23.1 Å². The number of rotatable bonds is 9. The van der Waals surface area contributed by atoms with Crippen molar-refractivity contribution >= 4 is 64.0 Å². The first-order chi connectivity index (χ1) is 21.2. The lowest BCUT2D eigenvalue weighted by Crippen LogP contribution is -2.71. The van der Waals surface area contributed by atoms with Crippen LogP contribution in [0.25, 0.3) is 6.08 Å². The van der Waals surface area contributed by atoms with E-state index < -0.39 is 47.4 Å². The number of esters is 1. The Balaban J connectivity index is 1.31. The molecule has 232 valence electrons. The summed E-state index contributed by atoms with van der Waals surface area (Å²) in [6.07, 6.45) is 8.72. The van der Waals surface area contributed by atoms with Gasteiger partial charge in [-0.25, -0.2) is 14.6 Å². The van der Waals surface area contributed by atoms with Crippen molar-refractivity contribution in [2.45, 2.75) is 62.8 Å². The van der Waals surface area contributed by atoms with Gasteiger partial charge >= 0.3 is 12.1 Å². The molecule has 2 fully saturated rings. The summed E-state index contributed by atoms with van der Waals surface area (Å²) in [5.74, 6) is -2.04. The highest BCUT2D eigenvalue weighted by atomic mass is 32.2. The second-order valence-corrected chi connectivity index (χ2v) is 12.1. The van der Waals surface area contributed by atoms with Crippen LogP contribution in [-0.2, 0) is 28.6 Å². The number of carbonyl (C=O) groups excluding carboxylic acids is 4. The van der Waals surface area contributed by atoms with Crippen LogP contribution in [0.2, 0.25) is 0 Å². The molecule has 1 saturated carbocycles. The van der Waals surface area contributed by atoms with Crippen molar-refractivity contribution in [2.24, 2.45) is 5.16 Å². The van der Waals surface area contributed by atoms with Crippen LogP contribution in [0.5, 0.6) is 0 Å². The minimum Gasteiger partial charge on any atom is -0.431 e. The van der Waals surface area contributed by atoms with E-state index in [1.807, 2.05) is 6.07 Å². The fourth-order valence-electron chi connectivity index (χ4n) is 4.96. The zero-order chi connectivity index (χ0) is 31.2. The van der Waals surface area contributed by atoms with Gasteiger partial charge in [-0.1, -0.05) is 29.8 Å². The molecule has 2 amide bonds. The Morgan fingerprint density at radius 3 is 2.70 bits per heavy atom. The first kappa shape index (κ1) is 31.0. The van der Waals surface area contributed by atoms with Gasteiger partial charge in [0.05, 0.1) is 0 Å². The topological polar surface area (TPSA) is 196 Å². The molecule has 4 heterocycles. The number of aromatic nitrogens is 2. The van der Waals surface area contributed by atoms with Crippen LogP contribution in [0.15, 0.2) is 52.4 Å². The van der Waals surface area contributed by atoms with E-state index in [1.54, 1.807) is 30.6 Å². The number of allylic oxidation sites excluding steroid dienone is 1. The van der Waals surface area contributed by atoms with Crippen LogP contribution in [-0.4, -0.2) is 79.3 Å². The summed E-state index contributed by atoms with van der Waals surface area (Å²) in [5, 5.41) is 16.0. The van der Waals surface area contributed by atoms with Crippen molar-refractivity contribution in [2.75, 3.05) is 11.5 Å². The molecule has 2 aromatic rings. The number of ether oxygens (including phenoxy) is 3. The van der Waals surface area contributed by atoms with Crippen LogP contribution in [0.4, 0.5) is 9.93 Å². The molecular weight excluding hydrogens is 612 g/mol. The minimum absolute atomic E-state index is 0.0513. The summed E-state index contributed by atoms with van der Waals surface area (Å²) in [5.41, 5.74) is 6.45. The number of thiazole rings is 1. The number of β-lactam (4-membered cyclic amide) rings is 1. The zero-order valence-electron chi connectivity index (χ0n) is 23.6. The van der Waals surface area contributed by atoms with Crippen molar-refractivity contribution in [3.63, 3.8) is 0 Å². The Kier molecular flexibility index (Phi) is 9.79. The molecular formula is C28H30N6O8S2. The molecule has 5 rings (SSSR count). The summed E-state index contributed by atoms with van der Waals surface area (Å²) in [4.78, 5) is 61.3. The molecule has 1 saturated heterocycles. The van der Waals surface area contributed by atoms with Crippen LogP contribution in [0.1, 0.15) is 50.3 Å². The maximum absolute atomic E-state index is 13.5. The summed E-state index contributed by atoms with van der Waals surface area (Å²) >= 11 is 2.37. The van der Waals surface area contributed by atoms with Crippen LogP contribution < -0.4 is 11.1 Å². The van der Waals surface area contributed by atoms with Gasteiger partial charge in [-0.3, -0.25) is 19.5 Å². The quantitative estimate of drug-likeness (QED) is 0.0905. The zero-order valence-corrected chi connectivity index (χ0v) is 25.2. The first-order valence-electron chi connectivity index (χ1n) is 13.8. The number of fused-ring (bicyclic) bond motifs is 1. The minimum atomic E-state index is -1.30. The number of nitrogens with one attached hydrogen (secondary N) is 1. The number of thioether (sulfide) groups is 1. The third-order valence-corrected chi connectivity index (χ3v) is 9.05. The Morgan fingerprint density at radius 1 is 1.23 bits per heavy atom. The number of hydrogen-bond donors (Lipinski definition) is 3. The van der Waals surface area contributed by atoms with Crippen LogP contribution in [0.3, 0.4) is 0 Å². The molecule has 3 atom stereocenters. The predicted molar refractivity (Wildman–Crippen MR) is 160 cm³/mol. The molecule has 2 aliphatic heterocycles. The fourth-order valence-corrected chi connectivity index (χ4v) is 6.83. The standard InChI is InChI=1S/C28H30N6O8S2/c1-15(41-28(38)42-18-7-3-2-4-8-18)40-26(37)22-17(10-9-16-6-5-11-30-12-16)13-43-25-21(24(36)34(22)25)32-23(35)20(33-39)19-14-44-27(29)31-19/h5-6,9-12,14-15,18,21,25,39H,2-4,7-8,13H2,1H3,(H2,29,31)(H,32,35)/b10-9-,33-20-/t15?,21-,25-/m1/s1. The van der Waals surface area contributed by atoms with Crippen molar-refractivity contribution in [1.82, 2.24) is 20.2 Å². The molecule has 0 radical (unpaired) electrons. The molecule has 1 aliphatic carbocycles.